The molecule has 1 atom stereocenters. The van der Waals surface area contributed by atoms with Crippen LogP contribution in [0, 0.1) is 0 Å². The molecule has 0 aliphatic heterocycles. The molecule has 1 heterocycles. The van der Waals surface area contributed by atoms with E-state index in [9.17, 15) is 9.59 Å². The second-order valence-electron chi connectivity index (χ2n) is 3.47. The minimum atomic E-state index is -1.05. The quantitative estimate of drug-likeness (QED) is 0.814. The summed E-state index contributed by atoms with van der Waals surface area (Å²) in [5, 5.41) is 13.2. The maximum absolute atomic E-state index is 11.5. The zero-order valence-corrected chi connectivity index (χ0v) is 10.5. The average Bonchev–Trinajstić information content (AvgIpc) is 2.73. The van der Waals surface area contributed by atoms with Crippen molar-refractivity contribution in [2.75, 3.05) is 6.54 Å². The summed E-state index contributed by atoms with van der Waals surface area (Å²) in [6, 6.07) is 1.55. The number of nitrogens with one attached hydrogen (secondary N) is 1. The number of carboxylic acids is 1. The first-order valence-corrected chi connectivity index (χ1v) is 6.19. The first-order chi connectivity index (χ1) is 8.06. The van der Waals surface area contributed by atoms with Gasteiger partial charge in [-0.25, -0.2) is 4.79 Å². The summed E-state index contributed by atoms with van der Waals surface area (Å²) in [5.74, 6) is -1.05. The van der Waals surface area contributed by atoms with Gasteiger partial charge in [0.05, 0.1) is 0 Å². The molecule has 0 bridgehead atoms. The number of hydrogen-bond acceptors (Lipinski definition) is 4. The highest BCUT2D eigenvalue weighted by Gasteiger charge is 2.19. The van der Waals surface area contributed by atoms with Crippen LogP contribution in [0.25, 0.3) is 0 Å². The van der Waals surface area contributed by atoms with Crippen LogP contribution in [0.15, 0.2) is 11.4 Å². The summed E-state index contributed by atoms with van der Waals surface area (Å²) in [4.78, 5) is 22.5. The van der Waals surface area contributed by atoms with Crippen LogP contribution >= 0.6 is 11.3 Å². The number of hydrogen-bond donors (Lipinski definition) is 2. The van der Waals surface area contributed by atoms with Crippen molar-refractivity contribution in [2.24, 2.45) is 0 Å². The molecule has 0 aliphatic carbocycles. The van der Waals surface area contributed by atoms with Crippen molar-refractivity contribution >= 4 is 23.2 Å². The molecular formula is C11H15NO4S. The van der Waals surface area contributed by atoms with Gasteiger partial charge in [0.2, 0.25) is 0 Å². The average molecular weight is 257 g/mol. The van der Waals surface area contributed by atoms with Crippen molar-refractivity contribution in [1.29, 1.82) is 0 Å². The van der Waals surface area contributed by atoms with Crippen molar-refractivity contribution in [2.45, 2.75) is 26.4 Å². The van der Waals surface area contributed by atoms with Gasteiger partial charge in [-0.15, -0.1) is 11.3 Å². The molecule has 2 N–H and O–H groups in total. The number of carbonyl (C=O) groups is 2. The molecule has 1 aromatic heterocycles. The number of carboxylic acid groups (broad SMARTS) is 1. The molecule has 0 radical (unpaired) electrons. The van der Waals surface area contributed by atoms with Gasteiger partial charge in [0.25, 0.3) is 5.91 Å². The molecule has 0 saturated carbocycles. The fourth-order valence-electron chi connectivity index (χ4n) is 1.18. The number of rotatable bonds is 6. The molecule has 94 valence electrons. The minimum absolute atomic E-state index is 0.111. The van der Waals surface area contributed by atoms with E-state index in [4.69, 9.17) is 9.84 Å². The molecule has 1 rings (SSSR count). The van der Waals surface area contributed by atoms with Crippen molar-refractivity contribution in [3.05, 3.63) is 16.3 Å². The Bertz CT molecular complexity index is 402. The lowest BCUT2D eigenvalue weighted by Crippen LogP contribution is -2.36. The van der Waals surface area contributed by atoms with E-state index < -0.39 is 12.1 Å². The smallest absolute Gasteiger partial charge is 0.349 e. The van der Waals surface area contributed by atoms with E-state index in [1.807, 2.05) is 6.92 Å². The Morgan fingerprint density at radius 1 is 1.59 bits per heavy atom. The highest BCUT2D eigenvalue weighted by molar-refractivity contribution is 7.12. The molecule has 0 aromatic carbocycles. The summed E-state index contributed by atoms with van der Waals surface area (Å²) in [5.41, 5.74) is 0. The zero-order valence-electron chi connectivity index (χ0n) is 9.73. The van der Waals surface area contributed by atoms with E-state index in [-0.39, 0.29) is 16.5 Å². The topological polar surface area (TPSA) is 75.6 Å². The fraction of sp³-hybridized carbons (Fsp3) is 0.455. The molecule has 6 heteroatoms. The minimum Gasteiger partial charge on any atom is -0.479 e. The summed E-state index contributed by atoms with van der Waals surface area (Å²) in [6.45, 7) is 4.13. The summed E-state index contributed by atoms with van der Waals surface area (Å²) in [6.07, 6.45) is 0.145. The normalized spacial score (nSPS) is 11.9. The predicted molar refractivity (Wildman–Crippen MR) is 64.7 cm³/mol. The maximum atomic E-state index is 11.5. The third-order valence-electron chi connectivity index (χ3n) is 2.05. The van der Waals surface area contributed by atoms with E-state index in [0.717, 1.165) is 17.8 Å². The first kappa shape index (κ1) is 13.5. The Kier molecular flexibility index (Phi) is 4.96. The molecule has 5 nitrogen and oxygen atoms in total. The van der Waals surface area contributed by atoms with Crippen molar-refractivity contribution < 1.29 is 19.4 Å². The van der Waals surface area contributed by atoms with Gasteiger partial charge in [-0.3, -0.25) is 4.79 Å². The van der Waals surface area contributed by atoms with Gasteiger partial charge in [-0.05, 0) is 24.8 Å². The van der Waals surface area contributed by atoms with Gasteiger partial charge < -0.3 is 15.2 Å². The van der Waals surface area contributed by atoms with Crippen LogP contribution in [0.1, 0.15) is 29.9 Å². The molecule has 1 aromatic rings. The molecular weight excluding hydrogens is 242 g/mol. The van der Waals surface area contributed by atoms with E-state index in [1.54, 1.807) is 18.4 Å². The van der Waals surface area contributed by atoms with Crippen LogP contribution in [-0.4, -0.2) is 29.6 Å². The zero-order chi connectivity index (χ0) is 12.8. The largest absolute Gasteiger partial charge is 0.479 e. The Morgan fingerprint density at radius 2 is 2.29 bits per heavy atom. The van der Waals surface area contributed by atoms with Gasteiger partial charge in [-0.1, -0.05) is 6.92 Å². The van der Waals surface area contributed by atoms with Crippen LogP contribution in [0.3, 0.4) is 0 Å². The molecule has 0 aliphatic rings. The van der Waals surface area contributed by atoms with Crippen LogP contribution in [0.5, 0.6) is 5.75 Å². The van der Waals surface area contributed by atoms with Gasteiger partial charge >= 0.3 is 5.97 Å². The maximum Gasteiger partial charge on any atom is 0.349 e. The summed E-state index contributed by atoms with van der Waals surface area (Å²) in [7, 11) is 0. The van der Waals surface area contributed by atoms with Gasteiger partial charge in [0, 0.05) is 6.54 Å². The summed E-state index contributed by atoms with van der Waals surface area (Å²) < 4.78 is 5.32. The lowest BCUT2D eigenvalue weighted by Gasteiger charge is -2.13. The summed E-state index contributed by atoms with van der Waals surface area (Å²) >= 11 is 1.07. The number of ether oxygens (including phenoxy) is 1. The van der Waals surface area contributed by atoms with Crippen LogP contribution in [-0.2, 0) is 4.79 Å². The monoisotopic (exact) mass is 257 g/mol. The van der Waals surface area contributed by atoms with Crippen molar-refractivity contribution in [3.63, 3.8) is 0 Å². The second kappa shape index (κ2) is 6.24. The third-order valence-corrected chi connectivity index (χ3v) is 2.93. The molecule has 17 heavy (non-hydrogen) atoms. The van der Waals surface area contributed by atoms with Crippen molar-refractivity contribution in [3.8, 4) is 5.75 Å². The first-order valence-electron chi connectivity index (χ1n) is 5.31. The number of amides is 1. The lowest BCUT2D eigenvalue weighted by atomic mass is 10.3. The van der Waals surface area contributed by atoms with Crippen LogP contribution in [0.4, 0.5) is 0 Å². The number of carbonyl (C=O) groups excluding carboxylic acids is 1. The Morgan fingerprint density at radius 3 is 2.88 bits per heavy atom. The van der Waals surface area contributed by atoms with Crippen LogP contribution < -0.4 is 10.1 Å². The van der Waals surface area contributed by atoms with E-state index in [1.165, 1.54) is 0 Å². The Balaban J connectivity index is 2.61. The Labute approximate surface area is 103 Å². The van der Waals surface area contributed by atoms with Crippen LogP contribution in [0.2, 0.25) is 0 Å². The van der Waals surface area contributed by atoms with E-state index >= 15 is 0 Å². The second-order valence-corrected chi connectivity index (χ2v) is 4.39. The molecule has 0 fully saturated rings. The fourth-order valence-corrected chi connectivity index (χ4v) is 1.84. The lowest BCUT2D eigenvalue weighted by molar-refractivity contribution is -0.127. The van der Waals surface area contributed by atoms with Gasteiger partial charge in [0.1, 0.15) is 5.75 Å². The van der Waals surface area contributed by atoms with E-state index in [2.05, 4.69) is 5.32 Å². The molecule has 1 amide bonds. The van der Waals surface area contributed by atoms with E-state index in [0.29, 0.717) is 6.54 Å². The van der Waals surface area contributed by atoms with Crippen molar-refractivity contribution in [1.82, 2.24) is 5.32 Å². The van der Waals surface area contributed by atoms with Gasteiger partial charge in [-0.2, -0.15) is 0 Å². The SMILES string of the molecule is CCCNC(=O)C(C)Oc1ccsc1C(=O)O. The predicted octanol–water partition coefficient (Wildman–Crippen LogP) is 1.74. The number of thiophene rings is 1. The third kappa shape index (κ3) is 3.74. The Hall–Kier alpha value is -1.56. The highest BCUT2D eigenvalue weighted by atomic mass is 32.1. The standard InChI is InChI=1S/C11H15NO4S/c1-3-5-12-10(13)7(2)16-8-4-6-17-9(8)11(14)15/h4,6-7H,3,5H2,1-2H3,(H,12,13)(H,14,15). The molecule has 1 unspecified atom stereocenters. The number of aromatic carboxylic acids is 1. The molecule has 0 spiro atoms. The molecule has 0 saturated heterocycles. The van der Waals surface area contributed by atoms with Gasteiger partial charge in [0.15, 0.2) is 11.0 Å². The highest BCUT2D eigenvalue weighted by Crippen LogP contribution is 2.25.